The van der Waals surface area contributed by atoms with E-state index in [1.807, 2.05) is 6.07 Å². The first-order valence-corrected chi connectivity index (χ1v) is 7.12. The minimum atomic E-state index is -0.368. The fourth-order valence-corrected chi connectivity index (χ4v) is 4.28. The molecule has 1 atom stereocenters. The number of amides is 1. The van der Waals surface area contributed by atoms with Crippen molar-refractivity contribution >= 4 is 22.0 Å². The van der Waals surface area contributed by atoms with Crippen LogP contribution in [0.2, 0.25) is 0 Å². The minimum absolute atomic E-state index is 0.368. The molecule has 3 aliphatic rings. The highest BCUT2D eigenvalue weighted by molar-refractivity contribution is 9.10. The van der Waals surface area contributed by atoms with E-state index in [-0.39, 0.29) is 6.03 Å². The van der Waals surface area contributed by atoms with Crippen molar-refractivity contribution in [3.8, 4) is 0 Å². The van der Waals surface area contributed by atoms with Gasteiger partial charge in [-0.1, -0.05) is 12.8 Å². The third-order valence-electron chi connectivity index (χ3n) is 4.51. The molecule has 3 aliphatic carbocycles. The predicted octanol–water partition coefficient (Wildman–Crippen LogP) is 3.47. The van der Waals surface area contributed by atoms with Crippen molar-refractivity contribution in [1.82, 2.24) is 4.57 Å². The van der Waals surface area contributed by atoms with Gasteiger partial charge >= 0.3 is 6.03 Å². The van der Waals surface area contributed by atoms with Crippen molar-refractivity contribution < 1.29 is 4.79 Å². The molecule has 3 saturated carbocycles. The minimum Gasteiger partial charge on any atom is -0.351 e. The second-order valence-electron chi connectivity index (χ2n) is 5.38. The Bertz CT molecular complexity index is 446. The van der Waals surface area contributed by atoms with E-state index < -0.39 is 0 Å². The molecule has 1 heterocycles. The van der Waals surface area contributed by atoms with Crippen molar-refractivity contribution in [2.75, 3.05) is 0 Å². The number of aromatic nitrogens is 1. The van der Waals surface area contributed by atoms with Crippen molar-refractivity contribution in [3.05, 3.63) is 22.4 Å². The Morgan fingerprint density at radius 2 is 2.06 bits per heavy atom. The van der Waals surface area contributed by atoms with Gasteiger partial charge in [0.15, 0.2) is 0 Å². The van der Waals surface area contributed by atoms with E-state index in [9.17, 15) is 4.79 Å². The van der Waals surface area contributed by atoms with Gasteiger partial charge in [0.1, 0.15) is 0 Å². The number of nitrogens with two attached hydrogens (primary N) is 1. The molecule has 3 nitrogen and oxygen atoms in total. The third kappa shape index (κ3) is 1.82. The van der Waals surface area contributed by atoms with E-state index in [0.717, 1.165) is 22.0 Å². The standard InChI is InChI=1S/C13H17BrN2O/c14-11-5-6-16(13(15)17)12(11)10-7-8-1-3-9(10)4-2-8/h5-6,8-10H,1-4,7H2,(H2,15,17). The zero-order chi connectivity index (χ0) is 12.0. The van der Waals surface area contributed by atoms with E-state index in [1.165, 1.54) is 32.1 Å². The number of nitrogens with zero attached hydrogens (tertiary/aromatic N) is 1. The second-order valence-corrected chi connectivity index (χ2v) is 6.23. The number of halogens is 1. The summed E-state index contributed by atoms with van der Waals surface area (Å²) in [4.78, 5) is 11.4. The lowest BCUT2D eigenvalue weighted by Crippen LogP contribution is -2.33. The average Bonchev–Trinajstić information content (AvgIpc) is 2.72. The largest absolute Gasteiger partial charge is 0.351 e. The van der Waals surface area contributed by atoms with Gasteiger partial charge in [-0.25, -0.2) is 4.79 Å². The summed E-state index contributed by atoms with van der Waals surface area (Å²) in [5.74, 6) is 2.11. The first-order valence-electron chi connectivity index (χ1n) is 6.33. The van der Waals surface area contributed by atoms with Crippen LogP contribution in [0, 0.1) is 11.8 Å². The van der Waals surface area contributed by atoms with Crippen LogP contribution in [0.1, 0.15) is 43.7 Å². The molecule has 1 amide bonds. The zero-order valence-corrected chi connectivity index (χ0v) is 11.3. The molecule has 2 bridgehead atoms. The van der Waals surface area contributed by atoms with Crippen molar-refractivity contribution in [3.63, 3.8) is 0 Å². The molecule has 17 heavy (non-hydrogen) atoms. The van der Waals surface area contributed by atoms with Crippen LogP contribution in [0.5, 0.6) is 0 Å². The van der Waals surface area contributed by atoms with Crippen LogP contribution >= 0.6 is 15.9 Å². The molecule has 1 aromatic rings. The summed E-state index contributed by atoms with van der Waals surface area (Å²) in [7, 11) is 0. The molecular formula is C13H17BrN2O. The van der Waals surface area contributed by atoms with E-state index in [4.69, 9.17) is 5.73 Å². The fourth-order valence-electron chi connectivity index (χ4n) is 3.68. The van der Waals surface area contributed by atoms with Gasteiger partial charge in [0.05, 0.1) is 0 Å². The summed E-state index contributed by atoms with van der Waals surface area (Å²) in [6.45, 7) is 0. The number of hydrogen-bond donors (Lipinski definition) is 1. The Morgan fingerprint density at radius 1 is 1.35 bits per heavy atom. The SMILES string of the molecule is NC(=O)n1ccc(Br)c1C1CC2CCC1CC2. The lowest BCUT2D eigenvalue weighted by molar-refractivity contribution is 0.140. The van der Waals surface area contributed by atoms with Gasteiger partial charge in [-0.05, 0) is 53.1 Å². The molecule has 0 radical (unpaired) electrons. The predicted molar refractivity (Wildman–Crippen MR) is 69.9 cm³/mol. The van der Waals surface area contributed by atoms with Crippen LogP contribution in [-0.2, 0) is 0 Å². The highest BCUT2D eigenvalue weighted by Crippen LogP contribution is 2.50. The number of hydrogen-bond acceptors (Lipinski definition) is 1. The Hall–Kier alpha value is -0.770. The maximum Gasteiger partial charge on any atom is 0.323 e. The molecule has 0 spiro atoms. The Morgan fingerprint density at radius 3 is 2.59 bits per heavy atom. The van der Waals surface area contributed by atoms with Crippen LogP contribution < -0.4 is 5.73 Å². The highest BCUT2D eigenvalue weighted by Gasteiger charge is 2.38. The third-order valence-corrected chi connectivity index (χ3v) is 5.18. The summed E-state index contributed by atoms with van der Waals surface area (Å²) in [5.41, 5.74) is 6.54. The second kappa shape index (κ2) is 4.16. The monoisotopic (exact) mass is 296 g/mol. The molecule has 0 aliphatic heterocycles. The molecule has 1 aromatic heterocycles. The lowest BCUT2D eigenvalue weighted by atomic mass is 9.64. The Kier molecular flexibility index (Phi) is 2.77. The maximum absolute atomic E-state index is 11.4. The maximum atomic E-state index is 11.4. The smallest absolute Gasteiger partial charge is 0.323 e. The van der Waals surface area contributed by atoms with Gasteiger partial charge in [0.2, 0.25) is 0 Å². The van der Waals surface area contributed by atoms with Gasteiger partial charge in [-0.15, -0.1) is 0 Å². The van der Waals surface area contributed by atoms with Gasteiger partial charge in [0.25, 0.3) is 0 Å². The molecule has 3 fully saturated rings. The molecule has 1 unspecified atom stereocenters. The molecule has 0 aromatic carbocycles. The normalized spacial score (nSPS) is 31.7. The van der Waals surface area contributed by atoms with Crippen molar-refractivity contribution in [1.29, 1.82) is 0 Å². The summed E-state index contributed by atoms with van der Waals surface area (Å²) in [6.07, 6.45) is 8.37. The number of rotatable bonds is 1. The fraction of sp³-hybridized carbons (Fsp3) is 0.615. The van der Waals surface area contributed by atoms with Crippen LogP contribution in [0.25, 0.3) is 0 Å². The molecule has 0 saturated heterocycles. The molecule has 2 N–H and O–H groups in total. The average molecular weight is 297 g/mol. The molecule has 4 heteroatoms. The van der Waals surface area contributed by atoms with Gasteiger partial charge in [-0.3, -0.25) is 4.57 Å². The summed E-state index contributed by atoms with van der Waals surface area (Å²) in [6, 6.07) is 1.56. The van der Waals surface area contributed by atoms with E-state index in [0.29, 0.717) is 5.92 Å². The lowest BCUT2D eigenvalue weighted by Gasteiger charge is -2.42. The van der Waals surface area contributed by atoms with Crippen LogP contribution in [0.3, 0.4) is 0 Å². The number of carbonyl (C=O) groups is 1. The van der Waals surface area contributed by atoms with Crippen molar-refractivity contribution in [2.45, 2.75) is 38.0 Å². The van der Waals surface area contributed by atoms with Crippen LogP contribution in [0.15, 0.2) is 16.7 Å². The molecular weight excluding hydrogens is 280 g/mol. The van der Waals surface area contributed by atoms with Gasteiger partial charge < -0.3 is 5.73 Å². The van der Waals surface area contributed by atoms with Crippen LogP contribution in [0.4, 0.5) is 4.79 Å². The first kappa shape index (κ1) is 11.3. The Balaban J connectivity index is 1.98. The van der Waals surface area contributed by atoms with Crippen LogP contribution in [-0.4, -0.2) is 10.6 Å². The number of carbonyl (C=O) groups excluding carboxylic acids is 1. The quantitative estimate of drug-likeness (QED) is 0.847. The van der Waals surface area contributed by atoms with E-state index in [2.05, 4.69) is 15.9 Å². The first-order chi connectivity index (χ1) is 8.16. The molecule has 4 rings (SSSR count). The van der Waals surface area contributed by atoms with E-state index >= 15 is 0 Å². The molecule has 92 valence electrons. The van der Waals surface area contributed by atoms with Gasteiger partial charge in [0, 0.05) is 22.3 Å². The van der Waals surface area contributed by atoms with Crippen molar-refractivity contribution in [2.24, 2.45) is 17.6 Å². The summed E-state index contributed by atoms with van der Waals surface area (Å²) < 4.78 is 2.66. The summed E-state index contributed by atoms with van der Waals surface area (Å²) >= 11 is 3.56. The number of fused-ring (bicyclic) bond motifs is 3. The topological polar surface area (TPSA) is 48.0 Å². The highest BCUT2D eigenvalue weighted by atomic mass is 79.9. The Labute approximate surface area is 109 Å². The van der Waals surface area contributed by atoms with E-state index in [1.54, 1.807) is 10.8 Å². The van der Waals surface area contributed by atoms with Gasteiger partial charge in [-0.2, -0.15) is 0 Å². The number of primary amides is 1. The zero-order valence-electron chi connectivity index (χ0n) is 9.73. The summed E-state index contributed by atoms with van der Waals surface area (Å²) in [5, 5.41) is 0.